The van der Waals surface area contributed by atoms with Crippen molar-refractivity contribution < 1.29 is 0 Å². The van der Waals surface area contributed by atoms with E-state index < -0.39 is 0 Å². The molecule has 1 fully saturated rings. The summed E-state index contributed by atoms with van der Waals surface area (Å²) in [5.74, 6) is 0.786. The first kappa shape index (κ1) is 18.5. The van der Waals surface area contributed by atoms with E-state index in [9.17, 15) is 0 Å². The van der Waals surface area contributed by atoms with Gasteiger partial charge in [-0.25, -0.2) is 0 Å². The van der Waals surface area contributed by atoms with E-state index in [0.717, 1.165) is 24.8 Å². The number of nitrogens with zero attached hydrogens (tertiary/aromatic N) is 1. The standard InChI is InChI=1S/C25H26ClN3/c26-25-21(12-13-27-25)24(23-15-19-9-4-5-11-22(19)28-23)20-10-6-14-29(17-20)16-18-7-2-1-3-8-18/h1-5,7-9,11-13,15,20,24,27-28H,6,10,14,16-17H2. The Morgan fingerprint density at radius 3 is 2.66 bits per heavy atom. The smallest absolute Gasteiger partial charge is 0.110 e. The van der Waals surface area contributed by atoms with Crippen molar-refractivity contribution in [3.05, 3.63) is 94.9 Å². The molecule has 4 heteroatoms. The first-order chi connectivity index (χ1) is 14.3. The number of piperidine rings is 1. The fraction of sp³-hybridized carbons (Fsp3) is 0.280. The van der Waals surface area contributed by atoms with Gasteiger partial charge < -0.3 is 9.97 Å². The largest absolute Gasteiger partial charge is 0.358 e. The lowest BCUT2D eigenvalue weighted by Crippen LogP contribution is -2.37. The van der Waals surface area contributed by atoms with Gasteiger partial charge in [-0.2, -0.15) is 0 Å². The molecule has 0 radical (unpaired) electrons. The van der Waals surface area contributed by atoms with Crippen LogP contribution in [0, 0.1) is 5.92 Å². The fourth-order valence-corrected chi connectivity index (χ4v) is 5.13. The summed E-state index contributed by atoms with van der Waals surface area (Å²) in [7, 11) is 0. The molecule has 2 N–H and O–H groups in total. The number of hydrogen-bond acceptors (Lipinski definition) is 1. The van der Waals surface area contributed by atoms with Crippen molar-refractivity contribution in [2.24, 2.45) is 5.92 Å². The molecule has 2 aromatic carbocycles. The number of benzene rings is 2. The zero-order chi connectivity index (χ0) is 19.6. The van der Waals surface area contributed by atoms with Gasteiger partial charge in [0, 0.05) is 36.4 Å². The Bertz CT molecular complexity index is 1050. The Balaban J connectivity index is 1.46. The molecule has 1 saturated heterocycles. The van der Waals surface area contributed by atoms with Crippen LogP contribution >= 0.6 is 11.6 Å². The third-order valence-electron chi connectivity index (χ3n) is 6.21. The van der Waals surface area contributed by atoms with Crippen molar-refractivity contribution >= 4 is 22.5 Å². The van der Waals surface area contributed by atoms with Gasteiger partial charge in [-0.15, -0.1) is 0 Å². The number of fused-ring (bicyclic) bond motifs is 1. The molecule has 0 aliphatic carbocycles. The lowest BCUT2D eigenvalue weighted by Gasteiger charge is -2.37. The minimum atomic E-state index is 0.264. The summed E-state index contributed by atoms with van der Waals surface area (Å²) in [4.78, 5) is 9.46. The molecule has 5 rings (SSSR count). The van der Waals surface area contributed by atoms with Crippen LogP contribution in [0.3, 0.4) is 0 Å². The zero-order valence-electron chi connectivity index (χ0n) is 16.4. The number of halogens is 1. The van der Waals surface area contributed by atoms with E-state index in [4.69, 9.17) is 11.6 Å². The van der Waals surface area contributed by atoms with Crippen LogP contribution in [0.4, 0.5) is 0 Å². The highest BCUT2D eigenvalue weighted by atomic mass is 35.5. The second-order valence-corrected chi connectivity index (χ2v) is 8.54. The summed E-state index contributed by atoms with van der Waals surface area (Å²) in [5, 5.41) is 2.02. The van der Waals surface area contributed by atoms with Gasteiger partial charge in [0.25, 0.3) is 0 Å². The van der Waals surface area contributed by atoms with E-state index in [1.165, 1.54) is 40.6 Å². The van der Waals surface area contributed by atoms with E-state index in [1.54, 1.807) is 0 Å². The van der Waals surface area contributed by atoms with Crippen LogP contribution in [0.15, 0.2) is 72.9 Å². The lowest BCUT2D eigenvalue weighted by atomic mass is 9.80. The van der Waals surface area contributed by atoms with Crippen LogP contribution < -0.4 is 0 Å². The first-order valence-corrected chi connectivity index (χ1v) is 10.8. The van der Waals surface area contributed by atoms with Crippen LogP contribution in [0.2, 0.25) is 5.15 Å². The molecular formula is C25H26ClN3. The molecule has 2 atom stereocenters. The highest BCUT2D eigenvalue weighted by Crippen LogP contribution is 2.40. The Hall–Kier alpha value is -2.49. The first-order valence-electron chi connectivity index (χ1n) is 10.4. The van der Waals surface area contributed by atoms with E-state index in [2.05, 4.69) is 81.6 Å². The van der Waals surface area contributed by atoms with E-state index >= 15 is 0 Å². The third kappa shape index (κ3) is 3.85. The molecular weight excluding hydrogens is 378 g/mol. The van der Waals surface area contributed by atoms with Crippen LogP contribution in [0.25, 0.3) is 10.9 Å². The number of nitrogens with one attached hydrogen (secondary N) is 2. The summed E-state index contributed by atoms with van der Waals surface area (Å²) in [6.07, 6.45) is 4.39. The molecule has 148 valence electrons. The van der Waals surface area contributed by atoms with Gasteiger partial charge in [0.05, 0.1) is 0 Å². The predicted octanol–water partition coefficient (Wildman–Crippen LogP) is 6.19. The Morgan fingerprint density at radius 2 is 1.86 bits per heavy atom. The molecule has 0 amide bonds. The average molecular weight is 404 g/mol. The van der Waals surface area contributed by atoms with Gasteiger partial charge in [0.2, 0.25) is 0 Å². The van der Waals surface area contributed by atoms with Crippen LogP contribution in [0.5, 0.6) is 0 Å². The molecule has 1 aliphatic heterocycles. The number of H-pyrrole nitrogens is 2. The number of rotatable bonds is 5. The Kier molecular flexibility index (Phi) is 5.17. The molecule has 3 heterocycles. The van der Waals surface area contributed by atoms with Crippen molar-refractivity contribution in [2.45, 2.75) is 25.3 Å². The number of aromatic nitrogens is 2. The molecule has 3 nitrogen and oxygen atoms in total. The third-order valence-corrected chi connectivity index (χ3v) is 6.54. The maximum absolute atomic E-state index is 6.59. The minimum Gasteiger partial charge on any atom is -0.358 e. The van der Waals surface area contributed by atoms with Crippen molar-refractivity contribution in [3.63, 3.8) is 0 Å². The normalized spacial score (nSPS) is 18.9. The quantitative estimate of drug-likeness (QED) is 0.409. The van der Waals surface area contributed by atoms with Gasteiger partial charge in [0.15, 0.2) is 0 Å². The SMILES string of the molecule is Clc1[nH]ccc1C(c1cc2ccccc2[nH]1)C1CCCN(Cc2ccccc2)C1. The number of likely N-dealkylation sites (tertiary alicyclic amines) is 1. The highest BCUT2D eigenvalue weighted by Gasteiger charge is 2.32. The minimum absolute atomic E-state index is 0.264. The molecule has 0 bridgehead atoms. The number of hydrogen-bond donors (Lipinski definition) is 2. The van der Waals surface area contributed by atoms with Crippen molar-refractivity contribution in [1.29, 1.82) is 0 Å². The molecule has 29 heavy (non-hydrogen) atoms. The number of para-hydroxylation sites is 1. The van der Waals surface area contributed by atoms with E-state index in [0.29, 0.717) is 5.92 Å². The molecule has 4 aromatic rings. The summed E-state index contributed by atoms with van der Waals surface area (Å²) in [5.41, 5.74) is 5.04. The van der Waals surface area contributed by atoms with Gasteiger partial charge in [-0.3, -0.25) is 4.90 Å². The Morgan fingerprint density at radius 1 is 1.03 bits per heavy atom. The molecule has 0 saturated carbocycles. The second kappa shape index (κ2) is 8.10. The van der Waals surface area contributed by atoms with Crippen molar-refractivity contribution in [1.82, 2.24) is 14.9 Å². The lowest BCUT2D eigenvalue weighted by molar-refractivity contribution is 0.156. The summed E-state index contributed by atoms with van der Waals surface area (Å²) in [6, 6.07) is 23.8. The van der Waals surface area contributed by atoms with Gasteiger partial charge in [-0.05, 0) is 60.0 Å². The van der Waals surface area contributed by atoms with Gasteiger partial charge >= 0.3 is 0 Å². The highest BCUT2D eigenvalue weighted by molar-refractivity contribution is 6.30. The number of aromatic amines is 2. The molecule has 2 aromatic heterocycles. The maximum Gasteiger partial charge on any atom is 0.110 e. The van der Waals surface area contributed by atoms with E-state index in [1.807, 2.05) is 6.20 Å². The molecule has 0 spiro atoms. The molecule has 2 unspecified atom stereocenters. The summed E-state index contributed by atoms with van der Waals surface area (Å²) < 4.78 is 0. The van der Waals surface area contributed by atoms with Crippen LogP contribution in [-0.2, 0) is 6.54 Å². The van der Waals surface area contributed by atoms with Crippen molar-refractivity contribution in [3.8, 4) is 0 Å². The van der Waals surface area contributed by atoms with Crippen molar-refractivity contribution in [2.75, 3.05) is 13.1 Å². The van der Waals surface area contributed by atoms with Gasteiger partial charge in [-0.1, -0.05) is 60.1 Å². The zero-order valence-corrected chi connectivity index (χ0v) is 17.2. The predicted molar refractivity (Wildman–Crippen MR) is 120 cm³/mol. The summed E-state index contributed by atoms with van der Waals surface area (Å²) >= 11 is 6.59. The maximum atomic E-state index is 6.59. The van der Waals surface area contributed by atoms with Crippen LogP contribution in [0.1, 0.15) is 35.6 Å². The van der Waals surface area contributed by atoms with Gasteiger partial charge in [0.1, 0.15) is 5.15 Å². The summed E-state index contributed by atoms with van der Waals surface area (Å²) in [6.45, 7) is 3.25. The Labute approximate surface area is 176 Å². The van der Waals surface area contributed by atoms with Crippen LogP contribution in [-0.4, -0.2) is 28.0 Å². The average Bonchev–Trinajstić information content (AvgIpc) is 3.36. The fourth-order valence-electron chi connectivity index (χ4n) is 4.89. The molecule has 1 aliphatic rings. The second-order valence-electron chi connectivity index (χ2n) is 8.16. The monoisotopic (exact) mass is 403 g/mol. The topological polar surface area (TPSA) is 34.8 Å². The van der Waals surface area contributed by atoms with E-state index in [-0.39, 0.29) is 5.92 Å².